The van der Waals surface area contributed by atoms with E-state index in [2.05, 4.69) is 0 Å². The number of benzene rings is 6. The van der Waals surface area contributed by atoms with Gasteiger partial charge in [0.15, 0.2) is 11.6 Å². The fraction of sp³-hybridized carbons (Fsp3) is 0. The highest BCUT2D eigenvalue weighted by Crippen LogP contribution is 2.23. The molecule has 0 bridgehead atoms. The molecular formula is C34H23ClO3. The Balaban J connectivity index is 0.000000155. The largest absolute Gasteiger partial charge is 0.508 e. The normalized spacial score (nSPS) is 10.6. The van der Waals surface area contributed by atoms with Crippen LogP contribution in [-0.2, 0) is 0 Å². The topological polar surface area (TPSA) is 54.4 Å². The van der Waals surface area contributed by atoms with Crippen LogP contribution in [0.1, 0.15) is 31.8 Å². The van der Waals surface area contributed by atoms with Crippen molar-refractivity contribution in [2.45, 2.75) is 0 Å². The van der Waals surface area contributed by atoms with Gasteiger partial charge in [-0.1, -0.05) is 96.5 Å². The van der Waals surface area contributed by atoms with Gasteiger partial charge in [0.2, 0.25) is 0 Å². The van der Waals surface area contributed by atoms with Crippen LogP contribution >= 0.6 is 11.6 Å². The first-order valence-corrected chi connectivity index (χ1v) is 12.5. The maximum absolute atomic E-state index is 12.5. The summed E-state index contributed by atoms with van der Waals surface area (Å²) in [5.74, 6) is 0.153. The Morgan fingerprint density at radius 2 is 0.868 bits per heavy atom. The van der Waals surface area contributed by atoms with Crippen molar-refractivity contribution in [2.24, 2.45) is 0 Å². The molecule has 0 radical (unpaired) electrons. The van der Waals surface area contributed by atoms with Gasteiger partial charge in [-0.25, -0.2) is 0 Å². The molecule has 0 atom stereocenters. The second kappa shape index (κ2) is 11.1. The lowest BCUT2D eigenvalue weighted by atomic mass is 9.97. The highest BCUT2D eigenvalue weighted by Gasteiger charge is 2.13. The van der Waals surface area contributed by atoms with E-state index in [9.17, 15) is 14.7 Å². The SMILES string of the molecule is O=C(c1ccc(Cl)cc1)c1cccc2ccccc12.O=C(c1ccc(O)cc1)c1cccc2ccccc12. The van der Waals surface area contributed by atoms with E-state index >= 15 is 0 Å². The van der Waals surface area contributed by atoms with Crippen LogP contribution in [0.3, 0.4) is 0 Å². The third-order valence-corrected chi connectivity index (χ3v) is 6.56. The summed E-state index contributed by atoms with van der Waals surface area (Å²) in [6.45, 7) is 0. The molecule has 6 aromatic rings. The highest BCUT2D eigenvalue weighted by molar-refractivity contribution is 6.30. The summed E-state index contributed by atoms with van der Waals surface area (Å²) in [6.07, 6.45) is 0. The molecule has 0 aromatic heterocycles. The Labute approximate surface area is 225 Å². The molecule has 0 amide bonds. The van der Waals surface area contributed by atoms with Crippen molar-refractivity contribution in [3.05, 3.63) is 161 Å². The van der Waals surface area contributed by atoms with Crippen LogP contribution in [0.4, 0.5) is 0 Å². The van der Waals surface area contributed by atoms with E-state index in [0.717, 1.165) is 27.1 Å². The van der Waals surface area contributed by atoms with Crippen LogP contribution < -0.4 is 0 Å². The molecule has 0 fully saturated rings. The number of carbonyl (C=O) groups is 2. The van der Waals surface area contributed by atoms with E-state index in [1.54, 1.807) is 36.4 Å². The average molecular weight is 515 g/mol. The van der Waals surface area contributed by atoms with Crippen molar-refractivity contribution in [3.8, 4) is 5.75 Å². The van der Waals surface area contributed by atoms with E-state index in [-0.39, 0.29) is 17.3 Å². The molecule has 0 aliphatic carbocycles. The highest BCUT2D eigenvalue weighted by atomic mass is 35.5. The van der Waals surface area contributed by atoms with Gasteiger partial charge in [0.05, 0.1) is 0 Å². The first kappa shape index (κ1) is 24.9. The van der Waals surface area contributed by atoms with Crippen LogP contribution in [0.15, 0.2) is 133 Å². The van der Waals surface area contributed by atoms with Crippen molar-refractivity contribution in [1.82, 2.24) is 0 Å². The number of halogens is 1. The number of hydrogen-bond donors (Lipinski definition) is 1. The number of hydrogen-bond acceptors (Lipinski definition) is 3. The molecule has 0 saturated heterocycles. The molecule has 1 N–H and O–H groups in total. The van der Waals surface area contributed by atoms with Gasteiger partial charge in [0, 0.05) is 27.3 Å². The zero-order valence-electron chi connectivity index (χ0n) is 20.3. The van der Waals surface area contributed by atoms with Crippen molar-refractivity contribution in [3.63, 3.8) is 0 Å². The summed E-state index contributed by atoms with van der Waals surface area (Å²) in [7, 11) is 0. The van der Waals surface area contributed by atoms with E-state index in [4.69, 9.17) is 11.6 Å². The first-order chi connectivity index (χ1) is 18.5. The smallest absolute Gasteiger partial charge is 0.193 e. The minimum absolute atomic E-state index is 0.0217. The molecule has 6 aromatic carbocycles. The average Bonchev–Trinajstić information content (AvgIpc) is 2.97. The number of fused-ring (bicyclic) bond motifs is 2. The zero-order valence-corrected chi connectivity index (χ0v) is 21.1. The summed E-state index contributed by atoms with van der Waals surface area (Å²) >= 11 is 5.85. The third-order valence-electron chi connectivity index (χ3n) is 6.30. The lowest BCUT2D eigenvalue weighted by molar-refractivity contribution is 0.103. The number of phenolic OH excluding ortho intramolecular Hbond substituents is 1. The maximum Gasteiger partial charge on any atom is 0.193 e. The van der Waals surface area contributed by atoms with E-state index in [1.165, 1.54) is 12.1 Å². The number of phenols is 1. The van der Waals surface area contributed by atoms with Gasteiger partial charge in [0.25, 0.3) is 0 Å². The van der Waals surface area contributed by atoms with Crippen LogP contribution in [0, 0.1) is 0 Å². The summed E-state index contributed by atoms with van der Waals surface area (Å²) in [6, 6.07) is 40.5. The van der Waals surface area contributed by atoms with E-state index in [1.807, 2.05) is 84.9 Å². The lowest BCUT2D eigenvalue weighted by Gasteiger charge is -2.06. The summed E-state index contributed by atoms with van der Waals surface area (Å²) in [5, 5.41) is 13.9. The first-order valence-electron chi connectivity index (χ1n) is 12.1. The molecule has 0 aliphatic heterocycles. The zero-order chi connectivity index (χ0) is 26.5. The van der Waals surface area contributed by atoms with Crippen LogP contribution in [0.2, 0.25) is 5.02 Å². The van der Waals surface area contributed by atoms with Crippen molar-refractivity contribution < 1.29 is 14.7 Å². The molecule has 0 unspecified atom stereocenters. The number of carbonyl (C=O) groups excluding carboxylic acids is 2. The predicted molar refractivity (Wildman–Crippen MR) is 154 cm³/mol. The molecule has 38 heavy (non-hydrogen) atoms. The monoisotopic (exact) mass is 514 g/mol. The Morgan fingerprint density at radius 1 is 0.474 bits per heavy atom. The molecule has 184 valence electrons. The van der Waals surface area contributed by atoms with Gasteiger partial charge < -0.3 is 5.11 Å². The van der Waals surface area contributed by atoms with Gasteiger partial charge in [-0.3, -0.25) is 9.59 Å². The van der Waals surface area contributed by atoms with E-state index in [0.29, 0.717) is 21.7 Å². The van der Waals surface area contributed by atoms with Crippen LogP contribution in [0.5, 0.6) is 5.75 Å². The Hall–Kier alpha value is -4.73. The fourth-order valence-corrected chi connectivity index (χ4v) is 4.50. The standard InChI is InChI=1S/C17H11ClO.C17H12O2/c2*18-14-10-8-13(9-11-14)17(19)16-7-3-5-12-4-1-2-6-15(12)16/h1-11H;1-11,18H. The third kappa shape index (κ3) is 5.34. The maximum atomic E-state index is 12.5. The van der Waals surface area contributed by atoms with Gasteiger partial charge in [-0.2, -0.15) is 0 Å². The van der Waals surface area contributed by atoms with Crippen LogP contribution in [0.25, 0.3) is 21.5 Å². The molecule has 0 aliphatic rings. The summed E-state index contributed by atoms with van der Waals surface area (Å²) in [4.78, 5) is 25.0. The molecular weight excluding hydrogens is 492 g/mol. The molecule has 6 rings (SSSR count). The minimum Gasteiger partial charge on any atom is -0.508 e. The summed E-state index contributed by atoms with van der Waals surface area (Å²) in [5.41, 5.74) is 2.64. The van der Waals surface area contributed by atoms with Crippen LogP contribution in [-0.4, -0.2) is 16.7 Å². The molecule has 0 spiro atoms. The lowest BCUT2D eigenvalue weighted by Crippen LogP contribution is -2.01. The molecule has 0 saturated carbocycles. The Bertz CT molecular complexity index is 1610. The molecule has 4 heteroatoms. The van der Waals surface area contributed by atoms with Gasteiger partial charge in [-0.15, -0.1) is 0 Å². The van der Waals surface area contributed by atoms with Gasteiger partial charge in [0.1, 0.15) is 5.75 Å². The fourth-order valence-electron chi connectivity index (χ4n) is 4.37. The second-order valence-electron chi connectivity index (χ2n) is 8.77. The van der Waals surface area contributed by atoms with Gasteiger partial charge in [-0.05, 0) is 70.1 Å². The van der Waals surface area contributed by atoms with Crippen molar-refractivity contribution in [2.75, 3.05) is 0 Å². The minimum atomic E-state index is -0.0307. The number of rotatable bonds is 4. The van der Waals surface area contributed by atoms with Crippen molar-refractivity contribution in [1.29, 1.82) is 0 Å². The molecule has 0 heterocycles. The molecule has 3 nitrogen and oxygen atoms in total. The van der Waals surface area contributed by atoms with E-state index < -0.39 is 0 Å². The quantitative estimate of drug-likeness (QED) is 0.240. The van der Waals surface area contributed by atoms with Gasteiger partial charge >= 0.3 is 0 Å². The Morgan fingerprint density at radius 3 is 1.34 bits per heavy atom. The summed E-state index contributed by atoms with van der Waals surface area (Å²) < 4.78 is 0. The number of aromatic hydroxyl groups is 1. The predicted octanol–water partition coefficient (Wildman–Crippen LogP) is 8.50. The number of ketones is 2. The second-order valence-corrected chi connectivity index (χ2v) is 9.20. The Kier molecular flexibility index (Phi) is 7.30. The van der Waals surface area contributed by atoms with Crippen molar-refractivity contribution >= 4 is 44.7 Å².